The Kier molecular flexibility index (Phi) is 3.38. The summed E-state index contributed by atoms with van der Waals surface area (Å²) >= 11 is 0. The fourth-order valence-corrected chi connectivity index (χ4v) is 2.78. The van der Waals surface area contributed by atoms with Gasteiger partial charge in [-0.15, -0.1) is 0 Å². The van der Waals surface area contributed by atoms with Crippen molar-refractivity contribution in [2.45, 2.75) is 33.6 Å². The fraction of sp³-hybridized carbons (Fsp3) is 0.438. The first-order chi connectivity index (χ1) is 9.69. The molecular formula is C16H20N4. The first kappa shape index (κ1) is 13.0. The van der Waals surface area contributed by atoms with Gasteiger partial charge in [0.15, 0.2) is 0 Å². The molecule has 0 unspecified atom stereocenters. The zero-order chi connectivity index (χ0) is 14.1. The lowest BCUT2D eigenvalue weighted by Gasteiger charge is -2.26. The van der Waals surface area contributed by atoms with E-state index in [-0.39, 0.29) is 0 Å². The van der Waals surface area contributed by atoms with Crippen molar-refractivity contribution in [3.05, 3.63) is 35.4 Å². The molecule has 0 fully saturated rings. The maximum absolute atomic E-state index is 4.70. The van der Waals surface area contributed by atoms with Crippen LogP contribution in [0.5, 0.6) is 0 Å². The van der Waals surface area contributed by atoms with E-state index >= 15 is 0 Å². The molecule has 2 aromatic heterocycles. The third-order valence-electron chi connectivity index (χ3n) is 3.67. The van der Waals surface area contributed by atoms with E-state index in [0.29, 0.717) is 0 Å². The van der Waals surface area contributed by atoms with Crippen molar-refractivity contribution in [2.24, 2.45) is 0 Å². The summed E-state index contributed by atoms with van der Waals surface area (Å²) < 4.78 is 0. The molecule has 0 saturated carbocycles. The lowest BCUT2D eigenvalue weighted by Crippen LogP contribution is -2.28. The van der Waals surface area contributed by atoms with E-state index in [1.165, 1.54) is 0 Å². The molecule has 0 saturated heterocycles. The van der Waals surface area contributed by atoms with Crippen LogP contribution in [-0.2, 0) is 6.42 Å². The Bertz CT molecular complexity index is 670. The summed E-state index contributed by atoms with van der Waals surface area (Å²) in [5.41, 5.74) is 3.15. The number of hydrogen-bond acceptors (Lipinski definition) is 4. The first-order valence-corrected chi connectivity index (χ1v) is 7.24. The largest absolute Gasteiger partial charge is 0.352 e. The SMILES string of the molecule is CCc1nc(C)cc2nc(C)nc(N3CC=CCC3)c12. The molecule has 2 aromatic rings. The highest BCUT2D eigenvalue weighted by Crippen LogP contribution is 2.28. The maximum Gasteiger partial charge on any atom is 0.142 e. The number of rotatable bonds is 2. The number of fused-ring (bicyclic) bond motifs is 1. The van der Waals surface area contributed by atoms with Gasteiger partial charge in [0.25, 0.3) is 0 Å². The Morgan fingerprint density at radius 1 is 1.15 bits per heavy atom. The second kappa shape index (κ2) is 5.19. The van der Waals surface area contributed by atoms with Gasteiger partial charge in [-0.2, -0.15) is 0 Å². The Hall–Kier alpha value is -1.97. The summed E-state index contributed by atoms with van der Waals surface area (Å²) in [7, 11) is 0. The molecule has 3 heterocycles. The van der Waals surface area contributed by atoms with Crippen LogP contribution >= 0.6 is 0 Å². The van der Waals surface area contributed by atoms with Gasteiger partial charge < -0.3 is 4.90 Å². The van der Waals surface area contributed by atoms with Gasteiger partial charge >= 0.3 is 0 Å². The summed E-state index contributed by atoms with van der Waals surface area (Å²) in [5.74, 6) is 1.87. The van der Waals surface area contributed by atoms with Gasteiger partial charge in [-0.05, 0) is 32.8 Å². The predicted octanol–water partition coefficient (Wildman–Crippen LogP) is 2.97. The number of aromatic nitrogens is 3. The van der Waals surface area contributed by atoms with Crippen LogP contribution in [0.4, 0.5) is 5.82 Å². The number of nitrogens with zero attached hydrogens (tertiary/aromatic N) is 4. The molecule has 0 bridgehead atoms. The van der Waals surface area contributed by atoms with E-state index < -0.39 is 0 Å². The van der Waals surface area contributed by atoms with E-state index in [0.717, 1.165) is 59.9 Å². The van der Waals surface area contributed by atoms with Gasteiger partial charge in [0.05, 0.1) is 16.6 Å². The lowest BCUT2D eigenvalue weighted by atomic mass is 10.1. The normalized spacial score (nSPS) is 15.1. The zero-order valence-electron chi connectivity index (χ0n) is 12.3. The van der Waals surface area contributed by atoms with Crippen molar-refractivity contribution < 1.29 is 0 Å². The Labute approximate surface area is 119 Å². The van der Waals surface area contributed by atoms with E-state index in [2.05, 4.69) is 40.0 Å². The average molecular weight is 268 g/mol. The van der Waals surface area contributed by atoms with Crippen LogP contribution in [0.2, 0.25) is 0 Å². The molecule has 4 nitrogen and oxygen atoms in total. The quantitative estimate of drug-likeness (QED) is 0.785. The highest BCUT2D eigenvalue weighted by atomic mass is 15.2. The maximum atomic E-state index is 4.70. The lowest BCUT2D eigenvalue weighted by molar-refractivity contribution is 0.802. The minimum absolute atomic E-state index is 0.828. The molecule has 0 radical (unpaired) electrons. The van der Waals surface area contributed by atoms with Gasteiger partial charge in [0, 0.05) is 18.8 Å². The van der Waals surface area contributed by atoms with Crippen LogP contribution in [0, 0.1) is 13.8 Å². The van der Waals surface area contributed by atoms with Crippen molar-refractivity contribution in [3.63, 3.8) is 0 Å². The molecule has 1 aliphatic rings. The van der Waals surface area contributed by atoms with Crippen molar-refractivity contribution >= 4 is 16.7 Å². The van der Waals surface area contributed by atoms with E-state index in [1.807, 2.05) is 13.8 Å². The second-order valence-electron chi connectivity index (χ2n) is 5.26. The molecule has 4 heteroatoms. The summed E-state index contributed by atoms with van der Waals surface area (Å²) in [4.78, 5) is 16.3. The second-order valence-corrected chi connectivity index (χ2v) is 5.26. The topological polar surface area (TPSA) is 41.9 Å². The molecule has 0 amide bonds. The van der Waals surface area contributed by atoms with Gasteiger partial charge in [-0.3, -0.25) is 4.98 Å². The molecule has 0 aliphatic carbocycles. The van der Waals surface area contributed by atoms with Gasteiger partial charge in [0.2, 0.25) is 0 Å². The minimum atomic E-state index is 0.828. The number of aryl methyl sites for hydroxylation is 3. The number of hydrogen-bond donors (Lipinski definition) is 0. The zero-order valence-corrected chi connectivity index (χ0v) is 12.3. The Morgan fingerprint density at radius 2 is 2.00 bits per heavy atom. The highest BCUT2D eigenvalue weighted by Gasteiger charge is 2.17. The highest BCUT2D eigenvalue weighted by molar-refractivity contribution is 5.92. The van der Waals surface area contributed by atoms with Gasteiger partial charge in [-0.1, -0.05) is 19.1 Å². The molecule has 20 heavy (non-hydrogen) atoms. The van der Waals surface area contributed by atoms with Gasteiger partial charge in [-0.25, -0.2) is 9.97 Å². The molecule has 0 aromatic carbocycles. The molecule has 1 aliphatic heterocycles. The van der Waals surface area contributed by atoms with E-state index in [4.69, 9.17) is 4.98 Å². The molecule has 3 rings (SSSR count). The third-order valence-corrected chi connectivity index (χ3v) is 3.67. The van der Waals surface area contributed by atoms with Crippen molar-refractivity contribution in [1.29, 1.82) is 0 Å². The summed E-state index contributed by atoms with van der Waals surface area (Å²) in [6.07, 6.45) is 6.42. The van der Waals surface area contributed by atoms with Gasteiger partial charge in [0.1, 0.15) is 11.6 Å². The number of pyridine rings is 1. The summed E-state index contributed by atoms with van der Waals surface area (Å²) in [6.45, 7) is 8.06. The first-order valence-electron chi connectivity index (χ1n) is 7.24. The summed E-state index contributed by atoms with van der Waals surface area (Å²) in [5, 5.41) is 1.12. The molecule has 0 atom stereocenters. The van der Waals surface area contributed by atoms with Crippen molar-refractivity contribution in [2.75, 3.05) is 18.0 Å². The standard InChI is InChI=1S/C16H20N4/c1-4-13-15-14(10-11(2)17-13)18-12(3)19-16(15)20-8-6-5-7-9-20/h5-6,10H,4,7-9H2,1-3H3. The van der Waals surface area contributed by atoms with Crippen LogP contribution in [0.3, 0.4) is 0 Å². The molecule has 0 spiro atoms. The van der Waals surface area contributed by atoms with E-state index in [9.17, 15) is 0 Å². The average Bonchev–Trinajstić information content (AvgIpc) is 2.46. The van der Waals surface area contributed by atoms with Crippen molar-refractivity contribution in [3.8, 4) is 0 Å². The monoisotopic (exact) mass is 268 g/mol. The van der Waals surface area contributed by atoms with Crippen LogP contribution in [0.15, 0.2) is 18.2 Å². The predicted molar refractivity (Wildman–Crippen MR) is 82.2 cm³/mol. The van der Waals surface area contributed by atoms with E-state index in [1.54, 1.807) is 0 Å². The smallest absolute Gasteiger partial charge is 0.142 e. The molecular weight excluding hydrogens is 248 g/mol. The van der Waals surface area contributed by atoms with Crippen LogP contribution in [0.1, 0.15) is 30.6 Å². The van der Waals surface area contributed by atoms with Crippen molar-refractivity contribution in [1.82, 2.24) is 15.0 Å². The van der Waals surface area contributed by atoms with Crippen LogP contribution < -0.4 is 4.90 Å². The van der Waals surface area contributed by atoms with Crippen LogP contribution in [-0.4, -0.2) is 28.0 Å². The Balaban J connectivity index is 2.26. The summed E-state index contributed by atoms with van der Waals surface area (Å²) in [6, 6.07) is 2.06. The molecule has 104 valence electrons. The minimum Gasteiger partial charge on any atom is -0.352 e. The third kappa shape index (κ3) is 2.26. The Morgan fingerprint density at radius 3 is 2.70 bits per heavy atom. The number of anilines is 1. The molecule has 0 N–H and O–H groups in total. The van der Waals surface area contributed by atoms with Crippen LogP contribution in [0.25, 0.3) is 10.9 Å². The fourth-order valence-electron chi connectivity index (χ4n) is 2.78.